The van der Waals surface area contributed by atoms with E-state index in [1.54, 1.807) is 7.11 Å². The SMILES string of the molecule is COCCOCCOC(=O)c1cncc(Cl)n1. The molecule has 0 amide bonds. The Morgan fingerprint density at radius 1 is 1.29 bits per heavy atom. The molecule has 0 radical (unpaired) electrons. The van der Waals surface area contributed by atoms with Crippen LogP contribution in [0.1, 0.15) is 10.5 Å². The summed E-state index contributed by atoms with van der Waals surface area (Å²) in [5.41, 5.74) is 0.0781. The summed E-state index contributed by atoms with van der Waals surface area (Å²) in [4.78, 5) is 18.9. The lowest BCUT2D eigenvalue weighted by Gasteiger charge is -2.05. The molecule has 0 unspecified atom stereocenters. The van der Waals surface area contributed by atoms with Crippen molar-refractivity contribution in [3.63, 3.8) is 0 Å². The largest absolute Gasteiger partial charge is 0.458 e. The second-order valence-corrected chi connectivity index (χ2v) is 3.36. The van der Waals surface area contributed by atoms with E-state index < -0.39 is 5.97 Å². The van der Waals surface area contributed by atoms with Crippen LogP contribution >= 0.6 is 11.6 Å². The zero-order valence-corrected chi connectivity index (χ0v) is 10.1. The summed E-state index contributed by atoms with van der Waals surface area (Å²) in [6.45, 7) is 1.43. The Bertz CT molecular complexity index is 362. The van der Waals surface area contributed by atoms with E-state index in [2.05, 4.69) is 9.97 Å². The Hall–Kier alpha value is -1.24. The highest BCUT2D eigenvalue weighted by Crippen LogP contribution is 2.03. The summed E-state index contributed by atoms with van der Waals surface area (Å²) >= 11 is 5.59. The van der Waals surface area contributed by atoms with E-state index >= 15 is 0 Å². The lowest BCUT2D eigenvalue weighted by atomic mass is 10.4. The van der Waals surface area contributed by atoms with Gasteiger partial charge in [-0.3, -0.25) is 4.98 Å². The first-order valence-electron chi connectivity index (χ1n) is 4.95. The Labute approximate surface area is 104 Å². The highest BCUT2D eigenvalue weighted by Gasteiger charge is 2.09. The molecule has 1 heterocycles. The molecule has 1 aromatic rings. The van der Waals surface area contributed by atoms with Crippen molar-refractivity contribution in [2.75, 3.05) is 33.5 Å². The van der Waals surface area contributed by atoms with Crippen molar-refractivity contribution < 1.29 is 19.0 Å². The number of halogens is 1. The normalized spacial score (nSPS) is 10.2. The molecule has 0 aliphatic carbocycles. The fourth-order valence-corrected chi connectivity index (χ4v) is 1.10. The molecule has 0 saturated heterocycles. The maximum absolute atomic E-state index is 11.4. The number of carbonyl (C=O) groups is 1. The molecule has 0 spiro atoms. The second-order valence-electron chi connectivity index (χ2n) is 2.97. The van der Waals surface area contributed by atoms with Crippen LogP contribution in [0.4, 0.5) is 0 Å². The number of hydrogen-bond donors (Lipinski definition) is 0. The fourth-order valence-electron chi connectivity index (χ4n) is 0.952. The van der Waals surface area contributed by atoms with Gasteiger partial charge in [-0.1, -0.05) is 11.6 Å². The third-order valence-electron chi connectivity index (χ3n) is 1.71. The van der Waals surface area contributed by atoms with Crippen molar-refractivity contribution >= 4 is 17.6 Å². The van der Waals surface area contributed by atoms with E-state index in [1.165, 1.54) is 12.4 Å². The average Bonchev–Trinajstić information content (AvgIpc) is 2.33. The van der Waals surface area contributed by atoms with Crippen LogP contribution in [-0.2, 0) is 14.2 Å². The minimum atomic E-state index is -0.574. The number of ether oxygens (including phenoxy) is 3. The highest BCUT2D eigenvalue weighted by atomic mass is 35.5. The van der Waals surface area contributed by atoms with Crippen LogP contribution in [0.3, 0.4) is 0 Å². The van der Waals surface area contributed by atoms with Crippen molar-refractivity contribution in [3.8, 4) is 0 Å². The molecule has 1 aromatic heterocycles. The van der Waals surface area contributed by atoms with Crippen molar-refractivity contribution in [2.45, 2.75) is 0 Å². The Morgan fingerprint density at radius 2 is 2.06 bits per heavy atom. The number of methoxy groups -OCH3 is 1. The molecule has 0 aliphatic rings. The minimum absolute atomic E-state index is 0.0781. The molecule has 0 saturated carbocycles. The Morgan fingerprint density at radius 3 is 2.76 bits per heavy atom. The zero-order valence-electron chi connectivity index (χ0n) is 9.39. The van der Waals surface area contributed by atoms with Gasteiger partial charge in [0.1, 0.15) is 11.8 Å². The minimum Gasteiger partial charge on any atom is -0.458 e. The predicted octanol–water partition coefficient (Wildman–Crippen LogP) is 0.950. The van der Waals surface area contributed by atoms with E-state index in [-0.39, 0.29) is 17.5 Å². The molecule has 94 valence electrons. The Kier molecular flexibility index (Phi) is 6.46. The molecular formula is C10H13ClN2O4. The van der Waals surface area contributed by atoms with Gasteiger partial charge in [-0.25, -0.2) is 9.78 Å². The van der Waals surface area contributed by atoms with Crippen LogP contribution in [0.2, 0.25) is 5.15 Å². The number of carbonyl (C=O) groups excluding carboxylic acids is 1. The van der Waals surface area contributed by atoms with Crippen LogP contribution in [-0.4, -0.2) is 49.5 Å². The number of hydrogen-bond acceptors (Lipinski definition) is 6. The van der Waals surface area contributed by atoms with Gasteiger partial charge in [0.05, 0.1) is 32.2 Å². The van der Waals surface area contributed by atoms with Gasteiger partial charge in [-0.15, -0.1) is 0 Å². The number of aromatic nitrogens is 2. The molecule has 0 atom stereocenters. The molecular weight excluding hydrogens is 248 g/mol. The van der Waals surface area contributed by atoms with Gasteiger partial charge in [0, 0.05) is 7.11 Å². The van der Waals surface area contributed by atoms with Crippen LogP contribution in [0.5, 0.6) is 0 Å². The highest BCUT2D eigenvalue weighted by molar-refractivity contribution is 6.29. The van der Waals surface area contributed by atoms with Gasteiger partial charge in [0.2, 0.25) is 0 Å². The van der Waals surface area contributed by atoms with Crippen LogP contribution in [0.15, 0.2) is 12.4 Å². The first kappa shape index (κ1) is 13.8. The van der Waals surface area contributed by atoms with E-state index in [0.29, 0.717) is 19.8 Å². The topological polar surface area (TPSA) is 70.5 Å². The van der Waals surface area contributed by atoms with Crippen LogP contribution < -0.4 is 0 Å². The maximum Gasteiger partial charge on any atom is 0.358 e. The second kappa shape index (κ2) is 7.94. The smallest absolute Gasteiger partial charge is 0.358 e. The molecule has 0 aromatic carbocycles. The molecule has 0 aliphatic heterocycles. The van der Waals surface area contributed by atoms with Crippen molar-refractivity contribution in [3.05, 3.63) is 23.2 Å². The molecule has 6 nitrogen and oxygen atoms in total. The number of esters is 1. The van der Waals surface area contributed by atoms with Crippen LogP contribution in [0.25, 0.3) is 0 Å². The number of nitrogens with zero attached hydrogens (tertiary/aromatic N) is 2. The molecule has 0 fully saturated rings. The summed E-state index contributed by atoms with van der Waals surface area (Å²) in [7, 11) is 1.58. The summed E-state index contributed by atoms with van der Waals surface area (Å²) < 4.78 is 14.8. The van der Waals surface area contributed by atoms with Crippen molar-refractivity contribution in [1.82, 2.24) is 9.97 Å². The van der Waals surface area contributed by atoms with Crippen molar-refractivity contribution in [2.24, 2.45) is 0 Å². The van der Waals surface area contributed by atoms with Gasteiger partial charge < -0.3 is 14.2 Å². The molecule has 1 rings (SSSR count). The Balaban J connectivity index is 2.21. The summed E-state index contributed by atoms with van der Waals surface area (Å²) in [5.74, 6) is -0.574. The lowest BCUT2D eigenvalue weighted by molar-refractivity contribution is 0.0209. The predicted molar refractivity (Wildman–Crippen MR) is 60.0 cm³/mol. The van der Waals surface area contributed by atoms with Gasteiger partial charge >= 0.3 is 5.97 Å². The summed E-state index contributed by atoms with van der Waals surface area (Å²) in [6, 6.07) is 0. The first-order chi connectivity index (χ1) is 8.24. The van der Waals surface area contributed by atoms with Gasteiger partial charge in [0.25, 0.3) is 0 Å². The molecule has 7 heteroatoms. The molecule has 0 bridgehead atoms. The quantitative estimate of drug-likeness (QED) is 0.537. The van der Waals surface area contributed by atoms with E-state index in [4.69, 9.17) is 25.8 Å². The summed E-state index contributed by atoms with van der Waals surface area (Å²) in [5, 5.41) is 0.149. The van der Waals surface area contributed by atoms with Gasteiger partial charge in [-0.2, -0.15) is 0 Å². The first-order valence-corrected chi connectivity index (χ1v) is 5.33. The van der Waals surface area contributed by atoms with Gasteiger partial charge in [-0.05, 0) is 0 Å². The lowest BCUT2D eigenvalue weighted by Crippen LogP contribution is -2.13. The van der Waals surface area contributed by atoms with Crippen LogP contribution in [0, 0.1) is 0 Å². The summed E-state index contributed by atoms with van der Waals surface area (Å²) in [6.07, 6.45) is 2.63. The standard InChI is InChI=1S/C10H13ClN2O4/c1-15-2-3-16-4-5-17-10(14)8-6-12-7-9(11)13-8/h6-7H,2-5H2,1H3. The maximum atomic E-state index is 11.4. The third kappa shape index (κ3) is 5.58. The zero-order chi connectivity index (χ0) is 12.5. The molecule has 0 N–H and O–H groups in total. The number of rotatable bonds is 7. The third-order valence-corrected chi connectivity index (χ3v) is 1.89. The van der Waals surface area contributed by atoms with E-state index in [9.17, 15) is 4.79 Å². The van der Waals surface area contributed by atoms with E-state index in [0.717, 1.165) is 0 Å². The van der Waals surface area contributed by atoms with Crippen molar-refractivity contribution in [1.29, 1.82) is 0 Å². The fraction of sp³-hybridized carbons (Fsp3) is 0.500. The monoisotopic (exact) mass is 260 g/mol. The molecule has 17 heavy (non-hydrogen) atoms. The van der Waals surface area contributed by atoms with Gasteiger partial charge in [0.15, 0.2) is 5.69 Å². The average molecular weight is 261 g/mol. The van der Waals surface area contributed by atoms with E-state index in [1.807, 2.05) is 0 Å².